The fourth-order valence-electron chi connectivity index (χ4n) is 1.71. The van der Waals surface area contributed by atoms with Crippen LogP contribution in [-0.2, 0) is 16.6 Å². The average molecular weight is 296 g/mol. The maximum atomic E-state index is 11.3. The number of benzene rings is 1. The Hall–Kier alpha value is -2.13. The fourth-order valence-corrected chi connectivity index (χ4v) is 2.31. The number of anilines is 2. The first-order valence-corrected chi connectivity index (χ1v) is 7.51. The third-order valence-electron chi connectivity index (χ3n) is 2.62. The predicted molar refractivity (Wildman–Crippen MR) is 75.4 cm³/mol. The van der Waals surface area contributed by atoms with Crippen molar-refractivity contribution >= 4 is 21.4 Å². The second-order valence-corrected chi connectivity index (χ2v) is 5.84. The van der Waals surface area contributed by atoms with Gasteiger partial charge in [0.05, 0.1) is 11.1 Å². The Bertz CT molecular complexity index is 668. The number of nitrogens with one attached hydrogen (secondary N) is 1. The Morgan fingerprint density at radius 3 is 2.75 bits per heavy atom. The Labute approximate surface area is 116 Å². The predicted octanol–water partition coefficient (Wildman–Crippen LogP) is 0.00990. The molecule has 108 valence electrons. The van der Waals surface area contributed by atoms with Crippen LogP contribution in [0.3, 0.4) is 0 Å². The Balaban J connectivity index is 1.94. The Morgan fingerprint density at radius 2 is 2.10 bits per heavy atom. The lowest BCUT2D eigenvalue weighted by molar-refractivity contribution is 0.570. The number of hydrogen-bond donors (Lipinski definition) is 3. The van der Waals surface area contributed by atoms with Crippen molar-refractivity contribution in [2.45, 2.75) is 17.9 Å². The van der Waals surface area contributed by atoms with Crippen LogP contribution in [0.4, 0.5) is 11.4 Å². The number of hydrogen-bond acceptors (Lipinski definition) is 6. The van der Waals surface area contributed by atoms with E-state index in [0.29, 0.717) is 17.9 Å². The van der Waals surface area contributed by atoms with Gasteiger partial charge in [0.1, 0.15) is 0 Å². The summed E-state index contributed by atoms with van der Waals surface area (Å²) in [5.74, 6) is 0. The monoisotopic (exact) mass is 296 g/mol. The molecule has 2 rings (SSSR count). The highest BCUT2D eigenvalue weighted by atomic mass is 32.2. The van der Waals surface area contributed by atoms with E-state index in [4.69, 9.17) is 10.9 Å². The average Bonchev–Trinajstić information content (AvgIpc) is 2.86. The number of primary sulfonamides is 1. The molecule has 0 amide bonds. The number of nitrogens with zero attached hydrogens (tertiary/aromatic N) is 3. The highest BCUT2D eigenvalue weighted by Gasteiger charge is 2.09. The first-order valence-electron chi connectivity index (χ1n) is 5.96. The number of aryl methyl sites for hydroxylation is 1. The summed E-state index contributed by atoms with van der Waals surface area (Å²) in [6.07, 6.45) is 4.20. The molecule has 0 unspecified atom stereocenters. The van der Waals surface area contributed by atoms with Crippen LogP contribution in [0.1, 0.15) is 6.42 Å². The molecule has 2 aromatic rings. The minimum atomic E-state index is -3.76. The molecule has 0 saturated carbocycles. The lowest BCUT2D eigenvalue weighted by Gasteiger charge is -2.09. The fraction of sp³-hybridized carbons (Fsp3) is 0.273. The largest absolute Gasteiger partial charge is 0.399 e. The van der Waals surface area contributed by atoms with Gasteiger partial charge in [-0.3, -0.25) is 4.68 Å². The molecular weight excluding hydrogens is 280 g/mol. The van der Waals surface area contributed by atoms with Crippen LogP contribution in [0.5, 0.6) is 0 Å². The van der Waals surface area contributed by atoms with Crippen LogP contribution in [0.2, 0.25) is 0 Å². The molecule has 0 spiro atoms. The van der Waals surface area contributed by atoms with E-state index in [1.54, 1.807) is 23.1 Å². The van der Waals surface area contributed by atoms with Gasteiger partial charge in [-0.25, -0.2) is 13.6 Å². The van der Waals surface area contributed by atoms with Crippen molar-refractivity contribution in [1.82, 2.24) is 15.0 Å². The first kappa shape index (κ1) is 14.3. The Kier molecular flexibility index (Phi) is 4.20. The summed E-state index contributed by atoms with van der Waals surface area (Å²) in [7, 11) is -3.76. The summed E-state index contributed by atoms with van der Waals surface area (Å²) >= 11 is 0. The summed E-state index contributed by atoms with van der Waals surface area (Å²) in [6.45, 7) is 1.37. The van der Waals surface area contributed by atoms with E-state index in [1.807, 2.05) is 0 Å². The molecule has 20 heavy (non-hydrogen) atoms. The topological polar surface area (TPSA) is 129 Å². The van der Waals surface area contributed by atoms with Gasteiger partial charge in [0.15, 0.2) is 0 Å². The maximum Gasteiger partial charge on any atom is 0.238 e. The zero-order valence-corrected chi connectivity index (χ0v) is 11.5. The maximum absolute atomic E-state index is 11.3. The van der Waals surface area contributed by atoms with E-state index < -0.39 is 10.0 Å². The third kappa shape index (κ3) is 3.93. The number of aromatic nitrogens is 3. The molecule has 9 heteroatoms. The normalized spacial score (nSPS) is 11.4. The van der Waals surface area contributed by atoms with Crippen molar-refractivity contribution in [3.63, 3.8) is 0 Å². The van der Waals surface area contributed by atoms with E-state index in [-0.39, 0.29) is 4.90 Å². The highest BCUT2D eigenvalue weighted by molar-refractivity contribution is 7.89. The molecule has 1 heterocycles. The zero-order valence-electron chi connectivity index (χ0n) is 10.7. The van der Waals surface area contributed by atoms with E-state index in [9.17, 15) is 8.42 Å². The molecule has 0 saturated heterocycles. The second-order valence-electron chi connectivity index (χ2n) is 4.28. The van der Waals surface area contributed by atoms with Crippen molar-refractivity contribution in [3.8, 4) is 0 Å². The highest BCUT2D eigenvalue weighted by Crippen LogP contribution is 2.19. The van der Waals surface area contributed by atoms with Crippen molar-refractivity contribution in [1.29, 1.82) is 0 Å². The van der Waals surface area contributed by atoms with E-state index in [1.165, 1.54) is 12.1 Å². The van der Waals surface area contributed by atoms with Crippen LogP contribution in [0.25, 0.3) is 0 Å². The van der Waals surface area contributed by atoms with E-state index in [0.717, 1.165) is 13.0 Å². The lowest BCUT2D eigenvalue weighted by atomic mass is 10.2. The van der Waals surface area contributed by atoms with Crippen LogP contribution < -0.4 is 16.2 Å². The van der Waals surface area contributed by atoms with Crippen LogP contribution in [0.15, 0.2) is 35.5 Å². The number of nitrogen functional groups attached to an aromatic ring is 1. The molecule has 0 bridgehead atoms. The van der Waals surface area contributed by atoms with E-state index in [2.05, 4.69) is 15.6 Å². The molecule has 1 aromatic heterocycles. The molecule has 0 aliphatic heterocycles. The Morgan fingerprint density at radius 1 is 1.30 bits per heavy atom. The van der Waals surface area contributed by atoms with Gasteiger partial charge in [0.25, 0.3) is 0 Å². The van der Waals surface area contributed by atoms with Crippen molar-refractivity contribution in [3.05, 3.63) is 30.6 Å². The lowest BCUT2D eigenvalue weighted by Crippen LogP contribution is -2.13. The van der Waals surface area contributed by atoms with Crippen LogP contribution in [0, 0.1) is 0 Å². The molecule has 8 nitrogen and oxygen atoms in total. The van der Waals surface area contributed by atoms with Crippen molar-refractivity contribution in [2.24, 2.45) is 5.14 Å². The van der Waals surface area contributed by atoms with Gasteiger partial charge in [0, 0.05) is 30.7 Å². The van der Waals surface area contributed by atoms with Gasteiger partial charge >= 0.3 is 0 Å². The van der Waals surface area contributed by atoms with Crippen molar-refractivity contribution < 1.29 is 8.42 Å². The molecule has 0 aliphatic carbocycles. The van der Waals surface area contributed by atoms with Crippen LogP contribution in [-0.4, -0.2) is 30.0 Å². The number of rotatable bonds is 6. The number of sulfonamides is 1. The van der Waals surface area contributed by atoms with Crippen LogP contribution >= 0.6 is 0 Å². The zero-order chi connectivity index (χ0) is 14.6. The number of nitrogens with two attached hydrogens (primary N) is 2. The van der Waals surface area contributed by atoms with Gasteiger partial charge in [-0.15, -0.1) is 5.10 Å². The summed E-state index contributed by atoms with van der Waals surface area (Å²) in [4.78, 5) is -0.00345. The summed E-state index contributed by atoms with van der Waals surface area (Å²) < 4.78 is 24.3. The molecule has 0 fully saturated rings. The van der Waals surface area contributed by atoms with Gasteiger partial charge in [-0.2, -0.15) is 0 Å². The molecule has 5 N–H and O–H groups in total. The second kappa shape index (κ2) is 5.88. The molecule has 1 aromatic carbocycles. The van der Waals surface area contributed by atoms with Gasteiger partial charge in [0.2, 0.25) is 10.0 Å². The van der Waals surface area contributed by atoms with E-state index >= 15 is 0 Å². The minimum Gasteiger partial charge on any atom is -0.399 e. The van der Waals surface area contributed by atoms with Gasteiger partial charge < -0.3 is 11.1 Å². The quantitative estimate of drug-likeness (QED) is 0.508. The van der Waals surface area contributed by atoms with Gasteiger partial charge in [-0.1, -0.05) is 5.21 Å². The molecule has 0 atom stereocenters. The summed E-state index contributed by atoms with van der Waals surface area (Å²) in [5, 5.41) is 15.7. The van der Waals surface area contributed by atoms with Gasteiger partial charge in [-0.05, 0) is 24.6 Å². The SMILES string of the molecule is Nc1cc(NCCCn2ccnn2)cc(S(N)(=O)=O)c1. The standard InChI is InChI=1S/C11H16N6O2S/c12-9-6-10(8-11(7-9)20(13,18)19)14-2-1-4-17-5-3-15-16-17/h3,5-8,14H,1-2,4,12H2,(H2,13,18,19). The third-order valence-corrected chi connectivity index (χ3v) is 3.52. The molecule has 0 aliphatic rings. The smallest absolute Gasteiger partial charge is 0.238 e. The first-order chi connectivity index (χ1) is 9.45. The summed E-state index contributed by atoms with van der Waals surface area (Å²) in [6, 6.07) is 4.45. The molecule has 0 radical (unpaired) electrons. The minimum absolute atomic E-state index is 0.00345. The summed E-state index contributed by atoms with van der Waals surface area (Å²) in [5.41, 5.74) is 6.62. The van der Waals surface area contributed by atoms with Crippen molar-refractivity contribution in [2.75, 3.05) is 17.6 Å². The molecular formula is C11H16N6O2S.